The summed E-state index contributed by atoms with van der Waals surface area (Å²) in [6.07, 6.45) is 0. The zero-order valence-electron chi connectivity index (χ0n) is 13.0. The summed E-state index contributed by atoms with van der Waals surface area (Å²) in [5, 5.41) is 0. The predicted molar refractivity (Wildman–Crippen MR) is 87.4 cm³/mol. The van der Waals surface area contributed by atoms with Crippen LogP contribution in [0.1, 0.15) is 15.9 Å². The van der Waals surface area contributed by atoms with E-state index < -0.39 is 0 Å². The lowest BCUT2D eigenvalue weighted by molar-refractivity contribution is 0.0979. The van der Waals surface area contributed by atoms with Crippen LogP contribution in [-0.4, -0.2) is 38.0 Å². The van der Waals surface area contributed by atoms with Crippen molar-refractivity contribution in [2.24, 2.45) is 0 Å². The largest absolute Gasteiger partial charge is 0.487 e. The number of hydrogen-bond donors (Lipinski definition) is 0. The van der Waals surface area contributed by atoms with Crippen molar-refractivity contribution in [3.8, 4) is 5.75 Å². The molecule has 0 fully saturated rings. The molecule has 0 atom stereocenters. The minimum absolute atomic E-state index is 0.0354. The van der Waals surface area contributed by atoms with Crippen molar-refractivity contribution in [3.05, 3.63) is 59.7 Å². The third-order valence-electron chi connectivity index (χ3n) is 3.80. The van der Waals surface area contributed by atoms with Crippen molar-refractivity contribution in [1.82, 2.24) is 4.90 Å². The smallest absolute Gasteiger partial charge is 0.258 e. The number of benzene rings is 2. The molecule has 2 aromatic rings. The maximum absolute atomic E-state index is 13.0. The Bertz CT molecular complexity index is 682. The molecular formula is C18H20N2O2. The molecule has 0 unspecified atom stereocenters. The van der Waals surface area contributed by atoms with E-state index >= 15 is 0 Å². The molecule has 0 N–H and O–H groups in total. The van der Waals surface area contributed by atoms with Crippen LogP contribution in [0, 0.1) is 0 Å². The number of likely N-dealkylation sites (N-methyl/N-ethyl adjacent to an activating group) is 1. The average molecular weight is 296 g/mol. The van der Waals surface area contributed by atoms with E-state index in [1.165, 1.54) is 0 Å². The van der Waals surface area contributed by atoms with Gasteiger partial charge in [0.1, 0.15) is 12.4 Å². The Morgan fingerprint density at radius 3 is 2.64 bits per heavy atom. The van der Waals surface area contributed by atoms with E-state index in [1.807, 2.05) is 67.5 Å². The van der Waals surface area contributed by atoms with Gasteiger partial charge in [-0.1, -0.05) is 30.3 Å². The van der Waals surface area contributed by atoms with Crippen molar-refractivity contribution < 1.29 is 9.53 Å². The van der Waals surface area contributed by atoms with Crippen LogP contribution in [0.4, 0.5) is 5.69 Å². The van der Waals surface area contributed by atoms with E-state index in [9.17, 15) is 4.79 Å². The second-order valence-corrected chi connectivity index (χ2v) is 5.67. The summed E-state index contributed by atoms with van der Waals surface area (Å²) < 4.78 is 5.93. The fraction of sp³-hybridized carbons (Fsp3) is 0.278. The van der Waals surface area contributed by atoms with Crippen LogP contribution < -0.4 is 9.64 Å². The van der Waals surface area contributed by atoms with Crippen molar-refractivity contribution in [2.75, 3.05) is 32.1 Å². The molecule has 1 heterocycles. The number of para-hydroxylation sites is 2. The van der Waals surface area contributed by atoms with Gasteiger partial charge in [0.05, 0.1) is 5.69 Å². The highest BCUT2D eigenvalue weighted by Crippen LogP contribution is 2.32. The molecular weight excluding hydrogens is 276 g/mol. The highest BCUT2D eigenvalue weighted by molar-refractivity contribution is 6.08. The van der Waals surface area contributed by atoms with Gasteiger partial charge in [-0.25, -0.2) is 0 Å². The molecule has 1 aliphatic heterocycles. The van der Waals surface area contributed by atoms with E-state index in [4.69, 9.17) is 4.74 Å². The van der Waals surface area contributed by atoms with Crippen molar-refractivity contribution in [3.63, 3.8) is 0 Å². The SMILES string of the molecule is CN(C)CCN1C(=O)c2ccccc2COc2ccccc21. The molecule has 0 aliphatic carbocycles. The number of amides is 1. The Morgan fingerprint density at radius 1 is 1.09 bits per heavy atom. The summed E-state index contributed by atoms with van der Waals surface area (Å²) >= 11 is 0. The highest BCUT2D eigenvalue weighted by Gasteiger charge is 2.25. The Balaban J connectivity index is 2.04. The van der Waals surface area contributed by atoms with Crippen LogP contribution >= 0.6 is 0 Å². The molecule has 1 aliphatic rings. The van der Waals surface area contributed by atoms with Gasteiger partial charge < -0.3 is 14.5 Å². The van der Waals surface area contributed by atoms with Crippen LogP contribution in [0.25, 0.3) is 0 Å². The standard InChI is InChI=1S/C18H20N2O2/c1-19(2)11-12-20-16-9-5-6-10-17(16)22-13-14-7-3-4-8-15(14)18(20)21/h3-10H,11-13H2,1-2H3. The lowest BCUT2D eigenvalue weighted by atomic mass is 10.1. The predicted octanol–water partition coefficient (Wildman–Crippen LogP) is 2.79. The summed E-state index contributed by atoms with van der Waals surface area (Å²) in [4.78, 5) is 16.9. The van der Waals surface area contributed by atoms with Gasteiger partial charge in [0.15, 0.2) is 0 Å². The number of carbonyl (C=O) groups is 1. The highest BCUT2D eigenvalue weighted by atomic mass is 16.5. The summed E-state index contributed by atoms with van der Waals surface area (Å²) in [5.41, 5.74) is 2.48. The van der Waals surface area contributed by atoms with Crippen molar-refractivity contribution in [2.45, 2.75) is 6.61 Å². The molecule has 114 valence electrons. The molecule has 0 radical (unpaired) electrons. The number of nitrogens with zero attached hydrogens (tertiary/aromatic N) is 2. The maximum atomic E-state index is 13.0. The third kappa shape index (κ3) is 2.83. The van der Waals surface area contributed by atoms with E-state index in [0.717, 1.165) is 29.1 Å². The summed E-state index contributed by atoms with van der Waals surface area (Å²) in [5.74, 6) is 0.789. The fourth-order valence-corrected chi connectivity index (χ4v) is 2.59. The molecule has 3 rings (SSSR count). The van der Waals surface area contributed by atoms with Gasteiger partial charge in [-0.2, -0.15) is 0 Å². The van der Waals surface area contributed by atoms with Crippen LogP contribution in [0.3, 0.4) is 0 Å². The van der Waals surface area contributed by atoms with E-state index in [-0.39, 0.29) is 5.91 Å². The molecule has 0 bridgehead atoms. The zero-order valence-corrected chi connectivity index (χ0v) is 13.0. The van der Waals surface area contributed by atoms with Crippen LogP contribution in [0.2, 0.25) is 0 Å². The summed E-state index contributed by atoms with van der Waals surface area (Å²) in [7, 11) is 4.01. The van der Waals surface area contributed by atoms with Gasteiger partial charge in [-0.05, 0) is 32.3 Å². The summed E-state index contributed by atoms with van der Waals surface area (Å²) in [6, 6.07) is 15.4. The molecule has 2 aromatic carbocycles. The van der Waals surface area contributed by atoms with Gasteiger partial charge >= 0.3 is 0 Å². The number of fused-ring (bicyclic) bond motifs is 2. The van der Waals surface area contributed by atoms with Gasteiger partial charge in [0.25, 0.3) is 5.91 Å². The van der Waals surface area contributed by atoms with Crippen LogP contribution in [0.5, 0.6) is 5.75 Å². The first-order chi connectivity index (χ1) is 10.7. The first-order valence-electron chi connectivity index (χ1n) is 7.43. The molecule has 22 heavy (non-hydrogen) atoms. The monoisotopic (exact) mass is 296 g/mol. The zero-order chi connectivity index (χ0) is 15.5. The molecule has 1 amide bonds. The Hall–Kier alpha value is -2.33. The van der Waals surface area contributed by atoms with E-state index in [0.29, 0.717) is 13.2 Å². The molecule has 0 spiro atoms. The first-order valence-corrected chi connectivity index (χ1v) is 7.43. The molecule has 4 heteroatoms. The number of ether oxygens (including phenoxy) is 1. The lowest BCUT2D eigenvalue weighted by Crippen LogP contribution is -2.38. The minimum atomic E-state index is 0.0354. The molecule has 0 aromatic heterocycles. The molecule has 0 saturated heterocycles. The topological polar surface area (TPSA) is 32.8 Å². The Kier molecular flexibility index (Phi) is 4.11. The fourth-order valence-electron chi connectivity index (χ4n) is 2.59. The number of rotatable bonds is 3. The normalized spacial score (nSPS) is 14.0. The average Bonchev–Trinajstić information content (AvgIpc) is 2.52. The minimum Gasteiger partial charge on any atom is -0.487 e. The first kappa shape index (κ1) is 14.6. The van der Waals surface area contributed by atoms with Crippen molar-refractivity contribution in [1.29, 1.82) is 0 Å². The van der Waals surface area contributed by atoms with E-state index in [2.05, 4.69) is 4.90 Å². The number of hydrogen-bond acceptors (Lipinski definition) is 3. The number of carbonyl (C=O) groups excluding carboxylic acids is 1. The van der Waals surface area contributed by atoms with Gasteiger partial charge in [-0.15, -0.1) is 0 Å². The molecule has 0 saturated carbocycles. The second-order valence-electron chi connectivity index (χ2n) is 5.67. The van der Waals surface area contributed by atoms with Gasteiger partial charge in [0, 0.05) is 24.2 Å². The third-order valence-corrected chi connectivity index (χ3v) is 3.80. The van der Waals surface area contributed by atoms with Crippen molar-refractivity contribution >= 4 is 11.6 Å². The Labute approximate surface area is 130 Å². The maximum Gasteiger partial charge on any atom is 0.258 e. The van der Waals surface area contributed by atoms with Crippen LogP contribution in [-0.2, 0) is 6.61 Å². The lowest BCUT2D eigenvalue weighted by Gasteiger charge is -2.29. The van der Waals surface area contributed by atoms with Crippen LogP contribution in [0.15, 0.2) is 48.5 Å². The molecule has 4 nitrogen and oxygen atoms in total. The Morgan fingerprint density at radius 2 is 1.82 bits per heavy atom. The number of anilines is 1. The van der Waals surface area contributed by atoms with Gasteiger partial charge in [0.2, 0.25) is 0 Å². The van der Waals surface area contributed by atoms with Gasteiger partial charge in [-0.3, -0.25) is 4.79 Å². The summed E-state index contributed by atoms with van der Waals surface area (Å²) in [6.45, 7) is 1.84. The quantitative estimate of drug-likeness (QED) is 0.873. The second kappa shape index (κ2) is 6.20. The van der Waals surface area contributed by atoms with E-state index in [1.54, 1.807) is 0 Å².